The van der Waals surface area contributed by atoms with Gasteiger partial charge in [-0.2, -0.15) is 28.2 Å². The molecule has 5 fully saturated rings. The van der Waals surface area contributed by atoms with Gasteiger partial charge in [0.2, 0.25) is 11.8 Å². The van der Waals surface area contributed by atoms with E-state index >= 15 is 8.78 Å². The number of thiophene rings is 1. The van der Waals surface area contributed by atoms with Gasteiger partial charge in [0.05, 0.1) is 67.3 Å². The average Bonchev–Trinajstić information content (AvgIpc) is 1.75. The first kappa shape index (κ1) is 56.2. The number of hydrogen-bond acceptors (Lipinski definition) is 17. The van der Waals surface area contributed by atoms with Crippen LogP contribution in [0.15, 0.2) is 64.9 Å². The smallest absolute Gasteiger partial charge is 0.417 e. The van der Waals surface area contributed by atoms with E-state index in [-0.39, 0.29) is 121 Å². The highest BCUT2D eigenvalue weighted by Gasteiger charge is 2.72. The minimum absolute atomic E-state index is 0.00505. The van der Waals surface area contributed by atoms with E-state index in [1.54, 1.807) is 23.5 Å². The first-order valence-corrected chi connectivity index (χ1v) is 30.2. The lowest BCUT2D eigenvalue weighted by atomic mass is 9.91. The number of fused-ring (bicyclic) bond motifs is 6. The third kappa shape index (κ3) is 10.6. The fourth-order valence-corrected chi connectivity index (χ4v) is 15.1. The van der Waals surface area contributed by atoms with Gasteiger partial charge in [-0.3, -0.25) is 19.7 Å². The van der Waals surface area contributed by atoms with Gasteiger partial charge >= 0.3 is 12.2 Å². The zero-order valence-electron chi connectivity index (χ0n) is 46.6. The lowest BCUT2D eigenvalue weighted by Gasteiger charge is -2.34. The second kappa shape index (κ2) is 21.9. The minimum atomic E-state index is -4.70. The molecular weight excluding hydrogens is 1130 g/mol. The number of anilines is 1. The number of aliphatic hydroxyl groups excluding tert-OH is 1. The predicted molar refractivity (Wildman–Crippen MR) is 306 cm³/mol. The van der Waals surface area contributed by atoms with Gasteiger partial charge in [-0.25, -0.2) is 13.8 Å². The van der Waals surface area contributed by atoms with E-state index in [1.165, 1.54) is 41.6 Å². The number of hydrogen-bond donors (Lipinski definition) is 4. The number of aryl methyl sites for hydroxylation is 2. The molecule has 0 spiro atoms. The quantitative estimate of drug-likeness (QED) is 0.0625. The van der Waals surface area contributed by atoms with Crippen molar-refractivity contribution >= 4 is 71.5 Å². The molecule has 4 aliphatic heterocycles. The molecular formula is C59H63F5N12O6S2. The van der Waals surface area contributed by atoms with Crippen LogP contribution in [0.5, 0.6) is 11.9 Å². The highest BCUT2D eigenvalue weighted by Crippen LogP contribution is 2.61. The molecule has 6 atom stereocenters. The molecule has 2 aromatic carbocycles. The van der Waals surface area contributed by atoms with Crippen LogP contribution in [0.2, 0.25) is 0 Å². The number of piperidine rings is 1. The number of alkyl halides is 5. The number of β-amino-alcohol motifs (C(OH)–C–C–N with tert-alkyl or cyclic N) is 1. The molecule has 25 heteroatoms. The number of benzene rings is 2. The first-order chi connectivity index (χ1) is 40.3. The summed E-state index contributed by atoms with van der Waals surface area (Å²) in [5, 5.41) is 29.9. The molecule has 442 valence electrons. The molecule has 5 aliphatic rings. The third-order valence-electron chi connectivity index (χ3n) is 17.6. The molecule has 0 radical (unpaired) electrons. The Morgan fingerprint density at radius 1 is 0.976 bits per heavy atom. The third-order valence-corrected chi connectivity index (χ3v) is 19.7. The van der Waals surface area contributed by atoms with Crippen LogP contribution < -0.4 is 25.0 Å². The number of pyridine rings is 1. The maximum Gasteiger partial charge on any atom is 0.417 e. The second-order valence-electron chi connectivity index (χ2n) is 23.8. The fourth-order valence-electron chi connectivity index (χ4n) is 13.1. The van der Waals surface area contributed by atoms with Crippen LogP contribution in [0, 0.1) is 31.1 Å². The Morgan fingerprint density at radius 2 is 1.74 bits per heavy atom. The number of halogens is 5. The Bertz CT molecular complexity index is 3780. The van der Waals surface area contributed by atoms with Crippen molar-refractivity contribution in [3.8, 4) is 33.6 Å². The maximum absolute atomic E-state index is 15.7. The van der Waals surface area contributed by atoms with Crippen molar-refractivity contribution in [2.24, 2.45) is 17.3 Å². The van der Waals surface area contributed by atoms with E-state index in [1.807, 2.05) is 55.4 Å². The number of carbonyl (C=O) groups is 2. The summed E-state index contributed by atoms with van der Waals surface area (Å²) in [5.74, 6) is -3.70. The van der Waals surface area contributed by atoms with E-state index in [4.69, 9.17) is 24.0 Å². The maximum atomic E-state index is 15.7. The number of nitrogens with zero attached hydrogens (tertiary/aromatic N) is 9. The molecule has 2 unspecified atom stereocenters. The van der Waals surface area contributed by atoms with Crippen molar-refractivity contribution in [3.63, 3.8) is 0 Å². The van der Waals surface area contributed by atoms with E-state index in [2.05, 4.69) is 40.9 Å². The standard InChI is InChI=1S/C59H63F5N12O6S2/c1-30(2)45(55(79)76-24-38(77)18-42(76)53(78)66-20-33-5-7-35(8-6-33)50-32(4)67-29-83-50)43-19-44(73-82-43)80-25-34-12-15-74(16-13-34)27-57(26-58(57,60)61)28-81-56-70-52(75-22-36-9-10-37(23-75)69-36)47-39-11-14-65-49(51(39)84-54(47)71-56)46-40-21-68-72-41(40)17-31(3)48(46)59(62,63)64/h5-8,11,14,17,19,21,29-30,34,36-38,42,45,69,77H,9-10,12-13,15-16,18,20,22-28H2,1-4H3,(H,66,78)(H,68,72)/t36?,37?,38-,42+,45-,57-/m1/s1. The summed E-state index contributed by atoms with van der Waals surface area (Å²) < 4.78 is 94.9. The summed E-state index contributed by atoms with van der Waals surface area (Å²) in [7, 11) is 0. The van der Waals surface area contributed by atoms with E-state index < -0.39 is 41.1 Å². The molecule has 13 rings (SSSR count). The van der Waals surface area contributed by atoms with Crippen molar-refractivity contribution in [2.45, 2.75) is 115 Å². The van der Waals surface area contributed by atoms with Crippen molar-refractivity contribution in [1.29, 1.82) is 0 Å². The number of H-pyrrole nitrogens is 1. The molecule has 2 amide bonds. The van der Waals surface area contributed by atoms with Crippen molar-refractivity contribution in [1.82, 2.24) is 55.7 Å². The molecule has 8 aromatic rings. The molecule has 6 aromatic heterocycles. The summed E-state index contributed by atoms with van der Waals surface area (Å²) >= 11 is 2.74. The second-order valence-corrected chi connectivity index (χ2v) is 25.7. The average molecular weight is 1200 g/mol. The molecule has 18 nitrogen and oxygen atoms in total. The number of ether oxygens (including phenoxy) is 2. The van der Waals surface area contributed by atoms with Crippen LogP contribution in [-0.2, 0) is 22.3 Å². The van der Waals surface area contributed by atoms with E-state index in [9.17, 15) is 27.9 Å². The number of carbonyl (C=O) groups excluding carboxylic acids is 2. The highest BCUT2D eigenvalue weighted by atomic mass is 32.1. The first-order valence-electron chi connectivity index (χ1n) is 28.5. The van der Waals surface area contributed by atoms with Gasteiger partial charge < -0.3 is 44.4 Å². The number of nitrogens with one attached hydrogen (secondary N) is 3. The molecule has 10 heterocycles. The molecule has 1 saturated carbocycles. The zero-order valence-corrected chi connectivity index (χ0v) is 48.3. The van der Waals surface area contributed by atoms with E-state index in [0.717, 1.165) is 34.5 Å². The van der Waals surface area contributed by atoms with Crippen molar-refractivity contribution in [2.75, 3.05) is 57.4 Å². The summed E-state index contributed by atoms with van der Waals surface area (Å²) in [5.41, 5.74) is 2.89. The minimum Gasteiger partial charge on any atom is -0.475 e. The number of aromatic amines is 1. The number of rotatable bonds is 17. The Labute approximate surface area is 487 Å². The van der Waals surface area contributed by atoms with Crippen LogP contribution in [0.25, 0.3) is 52.9 Å². The van der Waals surface area contributed by atoms with Crippen LogP contribution in [0.4, 0.5) is 27.8 Å². The number of aliphatic hydroxyl groups is 1. The fraction of sp³-hybridized carbons (Fsp3) is 0.492. The molecule has 2 bridgehead atoms. The van der Waals surface area contributed by atoms with Gasteiger partial charge in [0, 0.05) is 86.2 Å². The molecule has 84 heavy (non-hydrogen) atoms. The van der Waals surface area contributed by atoms with Crippen LogP contribution >= 0.6 is 22.7 Å². The summed E-state index contributed by atoms with van der Waals surface area (Å²) in [4.78, 5) is 53.7. The Hall–Kier alpha value is -6.93. The Kier molecular flexibility index (Phi) is 14.6. The summed E-state index contributed by atoms with van der Waals surface area (Å²) in [6, 6.07) is 12.1. The van der Waals surface area contributed by atoms with Gasteiger partial charge in [0.25, 0.3) is 11.8 Å². The normalized spacial score (nSPS) is 23.1. The molecule has 4 N–H and O–H groups in total. The molecule has 1 aliphatic carbocycles. The number of likely N-dealkylation sites (tertiary alicyclic amines) is 2. The predicted octanol–water partition coefficient (Wildman–Crippen LogP) is 9.68. The number of aromatic nitrogens is 7. The lowest BCUT2D eigenvalue weighted by Crippen LogP contribution is -2.51. The molecule has 4 saturated heterocycles. The van der Waals surface area contributed by atoms with Crippen LogP contribution in [0.1, 0.15) is 86.4 Å². The van der Waals surface area contributed by atoms with Crippen molar-refractivity contribution in [3.05, 3.63) is 88.5 Å². The summed E-state index contributed by atoms with van der Waals surface area (Å²) in [6.45, 7) is 9.70. The number of amides is 2. The Balaban J connectivity index is 0.655. The van der Waals surface area contributed by atoms with Crippen molar-refractivity contribution < 1.29 is 50.6 Å². The topological polar surface area (TPSA) is 213 Å². The van der Waals surface area contributed by atoms with Gasteiger partial charge in [0.1, 0.15) is 29.2 Å². The van der Waals surface area contributed by atoms with Gasteiger partial charge in [-0.15, -0.1) is 22.7 Å². The lowest BCUT2D eigenvalue weighted by molar-refractivity contribution is -0.141. The van der Waals surface area contributed by atoms with Crippen LogP contribution in [0.3, 0.4) is 0 Å². The number of piperazine rings is 1. The SMILES string of the molecule is Cc1cc2[nH]ncc2c(-c2nccc3c2sc2nc(OC[C@]4(CN5CCC(COc6cc([C@H](C(=O)N7C[C@H](O)C[C@H]7C(=O)NCc7ccc(-c8scnc8C)cc7)C(C)C)on6)CC5)CC4(F)F)nc(N4CC5CCC(C4)N5)c23)c1C(F)(F)F. The monoisotopic (exact) mass is 1190 g/mol. The van der Waals surface area contributed by atoms with Gasteiger partial charge in [-0.1, -0.05) is 38.1 Å². The zero-order chi connectivity index (χ0) is 58.4. The van der Waals surface area contributed by atoms with Gasteiger partial charge in [-0.05, 0) is 98.4 Å². The summed E-state index contributed by atoms with van der Waals surface area (Å²) in [6.07, 6.45) is 0.299. The highest BCUT2D eigenvalue weighted by molar-refractivity contribution is 7.26. The number of thiazole rings is 1. The van der Waals surface area contributed by atoms with Crippen LogP contribution in [-0.4, -0.2) is 145 Å². The van der Waals surface area contributed by atoms with Gasteiger partial charge in [0.15, 0.2) is 5.76 Å². The Morgan fingerprint density at radius 3 is 2.44 bits per heavy atom. The van der Waals surface area contributed by atoms with E-state index in [0.29, 0.717) is 70.7 Å². The largest absolute Gasteiger partial charge is 0.475 e.